The molecule has 1 rings (SSSR count). The highest BCUT2D eigenvalue weighted by Gasteiger charge is 2.50. The molecule has 0 aliphatic carbocycles. The van der Waals surface area contributed by atoms with E-state index in [1.54, 1.807) is 0 Å². The van der Waals surface area contributed by atoms with E-state index in [1.165, 1.54) is 12.0 Å². The van der Waals surface area contributed by atoms with E-state index >= 15 is 0 Å². The van der Waals surface area contributed by atoms with Gasteiger partial charge in [0.15, 0.2) is 0 Å². The zero-order chi connectivity index (χ0) is 17.2. The predicted molar refractivity (Wildman–Crippen MR) is 72.2 cm³/mol. The Labute approximate surface area is 127 Å². The molecule has 0 aromatic carbocycles. The van der Waals surface area contributed by atoms with Crippen molar-refractivity contribution in [2.45, 2.75) is 39.3 Å². The van der Waals surface area contributed by atoms with Crippen LogP contribution in [0, 0.1) is 10.8 Å². The molecule has 1 atom stereocenters. The molecule has 1 heterocycles. The van der Waals surface area contributed by atoms with Crippen LogP contribution in [0.3, 0.4) is 0 Å². The third kappa shape index (κ3) is 3.91. The maximum absolute atomic E-state index is 12.9. The molecule has 0 spiro atoms. The van der Waals surface area contributed by atoms with E-state index in [-0.39, 0.29) is 19.7 Å². The van der Waals surface area contributed by atoms with E-state index in [0.717, 1.165) is 13.8 Å². The standard InChI is InChI=1S/C14H22F3NO4/c1-12(2,14(15,16)17)7-10(19)18-6-4-5-13(8-18,9-22-3)11(20)21/h4-9H2,1-3H3,(H,20,21). The lowest BCUT2D eigenvalue weighted by atomic mass is 9.80. The average Bonchev–Trinajstić information content (AvgIpc) is 2.37. The lowest BCUT2D eigenvalue weighted by molar-refractivity contribution is -0.215. The van der Waals surface area contributed by atoms with Gasteiger partial charge >= 0.3 is 12.1 Å². The molecule has 1 unspecified atom stereocenters. The van der Waals surface area contributed by atoms with Crippen LogP contribution in [0.25, 0.3) is 0 Å². The number of piperidine rings is 1. The number of hydrogen-bond donors (Lipinski definition) is 1. The van der Waals surface area contributed by atoms with Crippen molar-refractivity contribution >= 4 is 11.9 Å². The molecule has 0 bridgehead atoms. The minimum Gasteiger partial charge on any atom is -0.481 e. The minimum absolute atomic E-state index is 0.0746. The Bertz CT molecular complexity index is 432. The first kappa shape index (κ1) is 18.7. The second-order valence-electron chi connectivity index (χ2n) is 6.50. The zero-order valence-corrected chi connectivity index (χ0v) is 13.0. The highest BCUT2D eigenvalue weighted by atomic mass is 19.4. The number of alkyl halides is 3. The van der Waals surface area contributed by atoms with Crippen LogP contribution in [-0.2, 0) is 14.3 Å². The van der Waals surface area contributed by atoms with Gasteiger partial charge < -0.3 is 14.7 Å². The second-order valence-corrected chi connectivity index (χ2v) is 6.50. The number of carbonyl (C=O) groups is 2. The van der Waals surface area contributed by atoms with Gasteiger partial charge in [0, 0.05) is 26.6 Å². The summed E-state index contributed by atoms with van der Waals surface area (Å²) in [7, 11) is 1.36. The Kier molecular flexibility index (Phi) is 5.48. The van der Waals surface area contributed by atoms with Crippen molar-refractivity contribution in [3.8, 4) is 0 Å². The molecule has 1 fully saturated rings. The van der Waals surface area contributed by atoms with Crippen molar-refractivity contribution in [3.05, 3.63) is 0 Å². The molecule has 8 heteroatoms. The topological polar surface area (TPSA) is 66.8 Å². The Morgan fingerprint density at radius 3 is 2.36 bits per heavy atom. The summed E-state index contributed by atoms with van der Waals surface area (Å²) < 4.78 is 43.6. The molecular formula is C14H22F3NO4. The second kappa shape index (κ2) is 6.44. The number of aliphatic carboxylic acids is 1. The third-order valence-corrected chi connectivity index (χ3v) is 4.16. The Hall–Kier alpha value is -1.31. The summed E-state index contributed by atoms with van der Waals surface area (Å²) in [5, 5.41) is 9.38. The quantitative estimate of drug-likeness (QED) is 0.842. The molecule has 1 amide bonds. The van der Waals surface area contributed by atoms with Crippen LogP contribution in [0.5, 0.6) is 0 Å². The number of likely N-dealkylation sites (tertiary alicyclic amines) is 1. The van der Waals surface area contributed by atoms with Gasteiger partial charge in [0.2, 0.25) is 5.91 Å². The summed E-state index contributed by atoms with van der Waals surface area (Å²) in [5.41, 5.74) is -3.39. The summed E-state index contributed by atoms with van der Waals surface area (Å²) >= 11 is 0. The van der Waals surface area contributed by atoms with Crippen molar-refractivity contribution in [2.75, 3.05) is 26.8 Å². The van der Waals surface area contributed by atoms with Gasteiger partial charge in [-0.15, -0.1) is 0 Å². The zero-order valence-electron chi connectivity index (χ0n) is 13.0. The van der Waals surface area contributed by atoms with Crippen LogP contribution >= 0.6 is 0 Å². The van der Waals surface area contributed by atoms with Crippen molar-refractivity contribution in [2.24, 2.45) is 10.8 Å². The maximum Gasteiger partial charge on any atom is 0.394 e. The SMILES string of the molecule is COCC1(C(=O)O)CCCN(C(=O)CC(C)(C)C(F)(F)F)C1. The molecule has 1 N–H and O–H groups in total. The fourth-order valence-corrected chi connectivity index (χ4v) is 2.57. The van der Waals surface area contributed by atoms with Gasteiger partial charge in [-0.2, -0.15) is 13.2 Å². The molecule has 0 radical (unpaired) electrons. The van der Waals surface area contributed by atoms with E-state index in [9.17, 15) is 27.9 Å². The normalized spacial score (nSPS) is 23.5. The predicted octanol–water partition coefficient (Wildman–Crippen LogP) is 2.30. The monoisotopic (exact) mass is 325 g/mol. The van der Waals surface area contributed by atoms with Crippen LogP contribution in [0.2, 0.25) is 0 Å². The summed E-state index contributed by atoms with van der Waals surface area (Å²) in [6.45, 7) is 2.01. The number of rotatable bonds is 5. The van der Waals surface area contributed by atoms with Crippen LogP contribution < -0.4 is 0 Å². The number of hydrogen-bond acceptors (Lipinski definition) is 3. The fraction of sp³-hybridized carbons (Fsp3) is 0.857. The maximum atomic E-state index is 12.9. The number of nitrogens with zero attached hydrogens (tertiary/aromatic N) is 1. The average molecular weight is 325 g/mol. The molecule has 0 aromatic heterocycles. The highest BCUT2D eigenvalue weighted by Crippen LogP contribution is 2.41. The van der Waals surface area contributed by atoms with E-state index in [1.807, 2.05) is 0 Å². The van der Waals surface area contributed by atoms with Crippen molar-refractivity contribution in [3.63, 3.8) is 0 Å². The number of carboxylic acid groups (broad SMARTS) is 1. The van der Waals surface area contributed by atoms with Crippen LogP contribution in [-0.4, -0.2) is 54.9 Å². The van der Waals surface area contributed by atoms with Crippen LogP contribution in [0.4, 0.5) is 13.2 Å². The third-order valence-electron chi connectivity index (χ3n) is 4.16. The van der Waals surface area contributed by atoms with Crippen LogP contribution in [0.15, 0.2) is 0 Å². The Balaban J connectivity index is 2.84. The summed E-state index contributed by atoms with van der Waals surface area (Å²) in [4.78, 5) is 24.9. The molecule has 5 nitrogen and oxygen atoms in total. The first-order chi connectivity index (χ1) is 9.95. The summed E-state index contributed by atoms with van der Waals surface area (Å²) in [6, 6.07) is 0. The van der Waals surface area contributed by atoms with Gasteiger partial charge in [0.1, 0.15) is 5.41 Å². The molecular weight excluding hydrogens is 303 g/mol. The number of carbonyl (C=O) groups excluding carboxylic acids is 1. The lowest BCUT2D eigenvalue weighted by Gasteiger charge is -2.40. The number of halogens is 3. The Morgan fingerprint density at radius 1 is 1.32 bits per heavy atom. The largest absolute Gasteiger partial charge is 0.481 e. The molecule has 128 valence electrons. The van der Waals surface area contributed by atoms with Crippen molar-refractivity contribution in [1.82, 2.24) is 4.90 Å². The first-order valence-electron chi connectivity index (χ1n) is 7.02. The lowest BCUT2D eigenvalue weighted by Crippen LogP contribution is -2.53. The van der Waals surface area contributed by atoms with Crippen molar-refractivity contribution < 1.29 is 32.6 Å². The first-order valence-corrected chi connectivity index (χ1v) is 7.02. The summed E-state index contributed by atoms with van der Waals surface area (Å²) in [6.07, 6.45) is -4.43. The van der Waals surface area contributed by atoms with Gasteiger partial charge in [0.25, 0.3) is 0 Å². The van der Waals surface area contributed by atoms with Crippen molar-refractivity contribution in [1.29, 1.82) is 0 Å². The molecule has 1 aliphatic rings. The highest BCUT2D eigenvalue weighted by molar-refractivity contribution is 5.80. The smallest absolute Gasteiger partial charge is 0.394 e. The number of carboxylic acids is 1. The number of amides is 1. The van der Waals surface area contributed by atoms with Gasteiger partial charge in [-0.3, -0.25) is 9.59 Å². The summed E-state index contributed by atoms with van der Waals surface area (Å²) in [5.74, 6) is -1.77. The van der Waals surface area contributed by atoms with E-state index in [4.69, 9.17) is 4.74 Å². The molecule has 1 saturated heterocycles. The van der Waals surface area contributed by atoms with Gasteiger partial charge in [-0.25, -0.2) is 0 Å². The minimum atomic E-state index is -4.49. The van der Waals surface area contributed by atoms with Crippen LogP contribution in [0.1, 0.15) is 33.1 Å². The molecule has 0 saturated carbocycles. The van der Waals surface area contributed by atoms with Gasteiger partial charge in [-0.05, 0) is 12.8 Å². The molecule has 0 aromatic rings. The number of ether oxygens (including phenoxy) is 1. The van der Waals surface area contributed by atoms with E-state index in [2.05, 4.69) is 0 Å². The molecule has 22 heavy (non-hydrogen) atoms. The van der Waals surface area contributed by atoms with Gasteiger partial charge in [0.05, 0.1) is 12.0 Å². The van der Waals surface area contributed by atoms with E-state index < -0.39 is 35.3 Å². The number of methoxy groups -OCH3 is 1. The van der Waals surface area contributed by atoms with E-state index in [0.29, 0.717) is 12.8 Å². The van der Waals surface area contributed by atoms with Gasteiger partial charge in [-0.1, -0.05) is 13.8 Å². The fourth-order valence-electron chi connectivity index (χ4n) is 2.57. The Morgan fingerprint density at radius 2 is 1.91 bits per heavy atom. The molecule has 1 aliphatic heterocycles.